The average molecular weight is 485 g/mol. The highest BCUT2D eigenvalue weighted by Gasteiger charge is 2.39. The third-order valence-electron chi connectivity index (χ3n) is 5.47. The van der Waals surface area contributed by atoms with Crippen LogP contribution in [0, 0.1) is 0 Å². The number of halogens is 5. The number of rotatable bonds is 5. The molecule has 2 aromatic carbocycles. The van der Waals surface area contributed by atoms with E-state index in [0.29, 0.717) is 36.8 Å². The number of benzene rings is 2. The molecule has 1 atom stereocenters. The van der Waals surface area contributed by atoms with E-state index in [1.165, 1.54) is 0 Å². The molecule has 0 spiro atoms. The first-order chi connectivity index (χ1) is 15.2. The van der Waals surface area contributed by atoms with Gasteiger partial charge >= 0.3 is 6.18 Å². The first kappa shape index (κ1) is 22.9. The summed E-state index contributed by atoms with van der Waals surface area (Å²) >= 11 is 12.0. The van der Waals surface area contributed by atoms with Gasteiger partial charge in [-0.05, 0) is 24.3 Å². The van der Waals surface area contributed by atoms with E-state index in [4.69, 9.17) is 23.2 Å². The first-order valence-electron chi connectivity index (χ1n) is 10.1. The van der Waals surface area contributed by atoms with Gasteiger partial charge in [0, 0.05) is 42.5 Å². The van der Waals surface area contributed by atoms with Crippen LogP contribution in [0.25, 0.3) is 11.3 Å². The molecular formula is C22H21Cl2F3N4O. The van der Waals surface area contributed by atoms with Crippen LogP contribution in [-0.2, 0) is 12.7 Å². The molecule has 2 heterocycles. The highest BCUT2D eigenvalue weighted by Crippen LogP contribution is 2.39. The fraction of sp³-hybridized carbons (Fsp3) is 0.318. The fourth-order valence-corrected chi connectivity index (χ4v) is 4.30. The van der Waals surface area contributed by atoms with Crippen molar-refractivity contribution in [2.24, 2.45) is 0 Å². The van der Waals surface area contributed by atoms with Gasteiger partial charge in [-0.1, -0.05) is 53.5 Å². The van der Waals surface area contributed by atoms with Gasteiger partial charge in [0.25, 0.3) is 0 Å². The number of piperazine rings is 1. The first-order valence-corrected chi connectivity index (χ1v) is 10.8. The van der Waals surface area contributed by atoms with Crippen molar-refractivity contribution < 1.29 is 18.3 Å². The van der Waals surface area contributed by atoms with E-state index in [1.807, 2.05) is 29.2 Å². The summed E-state index contributed by atoms with van der Waals surface area (Å²) in [5.74, 6) is 0. The number of aromatic nitrogens is 2. The molecule has 0 bridgehead atoms. The summed E-state index contributed by atoms with van der Waals surface area (Å²) in [6, 6.07) is 16.0. The van der Waals surface area contributed by atoms with Crippen molar-refractivity contribution in [2.45, 2.75) is 18.9 Å². The molecule has 1 saturated heterocycles. The summed E-state index contributed by atoms with van der Waals surface area (Å²) < 4.78 is 41.4. The van der Waals surface area contributed by atoms with E-state index in [2.05, 4.69) is 10.00 Å². The van der Waals surface area contributed by atoms with Crippen LogP contribution in [-0.4, -0.2) is 52.2 Å². The summed E-state index contributed by atoms with van der Waals surface area (Å²) in [5.41, 5.74) is 0.514. The van der Waals surface area contributed by atoms with Crippen molar-refractivity contribution in [3.8, 4) is 11.3 Å². The Kier molecular flexibility index (Phi) is 6.67. The lowest BCUT2D eigenvalue weighted by atomic mass is 10.1. The van der Waals surface area contributed by atoms with Crippen LogP contribution in [0.1, 0.15) is 5.69 Å². The van der Waals surface area contributed by atoms with Gasteiger partial charge < -0.3 is 10.0 Å². The summed E-state index contributed by atoms with van der Waals surface area (Å²) in [6.45, 7) is 2.29. The van der Waals surface area contributed by atoms with Crippen molar-refractivity contribution in [2.75, 3.05) is 31.1 Å². The third-order valence-corrected chi connectivity index (χ3v) is 6.08. The summed E-state index contributed by atoms with van der Waals surface area (Å²) in [6.07, 6.45) is -5.71. The maximum absolute atomic E-state index is 13.4. The van der Waals surface area contributed by atoms with Crippen LogP contribution < -0.4 is 4.90 Å². The maximum Gasteiger partial charge on any atom is 0.436 e. The van der Waals surface area contributed by atoms with Crippen LogP contribution in [0.2, 0.25) is 10.0 Å². The van der Waals surface area contributed by atoms with Crippen molar-refractivity contribution in [1.82, 2.24) is 14.7 Å². The lowest BCUT2D eigenvalue weighted by molar-refractivity contribution is -0.141. The van der Waals surface area contributed by atoms with Gasteiger partial charge in [0.2, 0.25) is 0 Å². The molecule has 170 valence electrons. The normalized spacial score (nSPS) is 16.4. The molecule has 0 saturated carbocycles. The number of anilines is 1. The highest BCUT2D eigenvalue weighted by molar-refractivity contribution is 6.33. The van der Waals surface area contributed by atoms with E-state index >= 15 is 0 Å². The Morgan fingerprint density at radius 1 is 0.938 bits per heavy atom. The lowest BCUT2D eigenvalue weighted by Crippen LogP contribution is -2.51. The van der Waals surface area contributed by atoms with Gasteiger partial charge in [-0.3, -0.25) is 9.58 Å². The SMILES string of the molecule is OC(Cn1nc(C(F)(F)F)c(Cl)c1-c1ccccc1)N1CCN(c2ccc(Cl)cc2)CC1. The van der Waals surface area contributed by atoms with Crippen LogP contribution in [0.3, 0.4) is 0 Å². The van der Waals surface area contributed by atoms with Crippen molar-refractivity contribution >= 4 is 28.9 Å². The van der Waals surface area contributed by atoms with Gasteiger partial charge in [-0.2, -0.15) is 18.3 Å². The molecule has 0 aliphatic carbocycles. The Morgan fingerprint density at radius 2 is 1.56 bits per heavy atom. The monoisotopic (exact) mass is 484 g/mol. The minimum Gasteiger partial charge on any atom is -0.376 e. The van der Waals surface area contributed by atoms with Gasteiger partial charge in [-0.15, -0.1) is 0 Å². The minimum atomic E-state index is -4.69. The molecule has 5 nitrogen and oxygen atoms in total. The molecular weight excluding hydrogens is 464 g/mol. The number of nitrogens with zero attached hydrogens (tertiary/aromatic N) is 4. The smallest absolute Gasteiger partial charge is 0.376 e. The average Bonchev–Trinajstić information content (AvgIpc) is 3.11. The Balaban J connectivity index is 1.51. The Bertz CT molecular complexity index is 1050. The third kappa shape index (κ3) is 4.88. The molecule has 1 N–H and O–H groups in total. The predicted molar refractivity (Wildman–Crippen MR) is 119 cm³/mol. The largest absolute Gasteiger partial charge is 0.436 e. The minimum absolute atomic E-state index is 0.137. The maximum atomic E-state index is 13.4. The van der Waals surface area contributed by atoms with Gasteiger partial charge in [-0.25, -0.2) is 0 Å². The van der Waals surface area contributed by atoms with E-state index in [9.17, 15) is 18.3 Å². The Morgan fingerprint density at radius 3 is 2.16 bits per heavy atom. The zero-order chi connectivity index (χ0) is 22.9. The zero-order valence-electron chi connectivity index (χ0n) is 16.9. The zero-order valence-corrected chi connectivity index (χ0v) is 18.4. The van der Waals surface area contributed by atoms with Crippen LogP contribution in [0.4, 0.5) is 18.9 Å². The molecule has 1 aliphatic heterocycles. The summed E-state index contributed by atoms with van der Waals surface area (Å²) in [5, 5.41) is 14.7. The lowest BCUT2D eigenvalue weighted by Gasteiger charge is -2.38. The Hall–Kier alpha value is -2.26. The molecule has 3 aromatic rings. The van der Waals surface area contributed by atoms with Crippen molar-refractivity contribution in [3.63, 3.8) is 0 Å². The standard InChI is InChI=1S/C22H21Cl2F3N4O/c23-16-6-8-17(9-7-16)29-10-12-30(13-11-29)18(32)14-31-20(15-4-2-1-3-5-15)19(24)21(28-31)22(25,26)27/h1-9,18,32H,10-14H2. The number of aliphatic hydroxyl groups excluding tert-OH is 1. The molecule has 0 amide bonds. The molecule has 0 radical (unpaired) electrons. The van der Waals surface area contributed by atoms with Crippen LogP contribution in [0.5, 0.6) is 0 Å². The second kappa shape index (κ2) is 9.31. The second-order valence-electron chi connectivity index (χ2n) is 7.54. The number of aliphatic hydroxyl groups is 1. The van der Waals surface area contributed by atoms with Gasteiger partial charge in [0.05, 0.1) is 17.3 Å². The van der Waals surface area contributed by atoms with E-state index in [0.717, 1.165) is 10.4 Å². The highest BCUT2D eigenvalue weighted by atomic mass is 35.5. The number of hydrogen-bond donors (Lipinski definition) is 1. The fourth-order valence-electron chi connectivity index (χ4n) is 3.83. The van der Waals surface area contributed by atoms with E-state index in [1.54, 1.807) is 30.3 Å². The van der Waals surface area contributed by atoms with Crippen LogP contribution in [0.15, 0.2) is 54.6 Å². The molecule has 4 rings (SSSR count). The Labute approximate surface area is 193 Å². The molecule has 32 heavy (non-hydrogen) atoms. The van der Waals surface area contributed by atoms with E-state index < -0.39 is 23.1 Å². The molecule has 1 aromatic heterocycles. The molecule has 1 aliphatic rings. The molecule has 1 unspecified atom stereocenters. The predicted octanol–water partition coefficient (Wildman–Crippen LogP) is 5.02. The summed E-state index contributed by atoms with van der Waals surface area (Å²) in [7, 11) is 0. The number of hydrogen-bond acceptors (Lipinski definition) is 4. The van der Waals surface area contributed by atoms with Crippen LogP contribution >= 0.6 is 23.2 Å². The topological polar surface area (TPSA) is 44.5 Å². The summed E-state index contributed by atoms with van der Waals surface area (Å²) in [4.78, 5) is 3.99. The quantitative estimate of drug-likeness (QED) is 0.552. The van der Waals surface area contributed by atoms with E-state index in [-0.39, 0.29) is 12.2 Å². The van der Waals surface area contributed by atoms with Gasteiger partial charge in [0.1, 0.15) is 6.23 Å². The second-order valence-corrected chi connectivity index (χ2v) is 8.35. The van der Waals surface area contributed by atoms with Crippen molar-refractivity contribution in [1.29, 1.82) is 0 Å². The number of alkyl halides is 3. The molecule has 10 heteroatoms. The van der Waals surface area contributed by atoms with Crippen molar-refractivity contribution in [3.05, 3.63) is 70.3 Å². The van der Waals surface area contributed by atoms with Gasteiger partial charge in [0.15, 0.2) is 5.69 Å². The molecule has 1 fully saturated rings.